The van der Waals surface area contributed by atoms with Crippen molar-refractivity contribution in [2.45, 2.75) is 31.8 Å². The van der Waals surface area contributed by atoms with Crippen LogP contribution in [0.5, 0.6) is 11.5 Å². The summed E-state index contributed by atoms with van der Waals surface area (Å²) in [6.07, 6.45) is 1.12. The number of nitrogens with one attached hydrogen (secondary N) is 1. The highest BCUT2D eigenvalue weighted by Crippen LogP contribution is 2.42. The number of H-pyrrole nitrogens is 1. The summed E-state index contributed by atoms with van der Waals surface area (Å²) in [6, 6.07) is 21.3. The Kier molecular flexibility index (Phi) is 6.06. The highest BCUT2D eigenvalue weighted by atomic mass is 16.5. The molecule has 2 aliphatic heterocycles. The molecule has 0 unspecified atom stereocenters. The van der Waals surface area contributed by atoms with Gasteiger partial charge in [-0.3, -0.25) is 9.59 Å². The number of nitrogens with zero attached hydrogens (tertiary/aromatic N) is 2. The van der Waals surface area contributed by atoms with E-state index in [9.17, 15) is 9.59 Å². The van der Waals surface area contributed by atoms with Gasteiger partial charge in [0.15, 0.2) is 11.5 Å². The molecule has 2 atom stereocenters. The Morgan fingerprint density at radius 2 is 1.76 bits per heavy atom. The molecule has 0 aliphatic carbocycles. The van der Waals surface area contributed by atoms with E-state index in [-0.39, 0.29) is 24.4 Å². The molecule has 4 aromatic rings. The number of ether oxygens (including phenoxy) is 2. The Bertz CT molecular complexity index is 1540. The maximum Gasteiger partial charge on any atom is 0.246 e. The summed E-state index contributed by atoms with van der Waals surface area (Å²) in [5.41, 5.74) is 6.31. The molecule has 0 saturated carbocycles. The predicted octanol–water partition coefficient (Wildman–Crippen LogP) is 4.42. The van der Waals surface area contributed by atoms with Crippen LogP contribution in [-0.2, 0) is 22.4 Å². The van der Waals surface area contributed by atoms with Crippen LogP contribution in [0.15, 0.2) is 66.7 Å². The van der Waals surface area contributed by atoms with Crippen LogP contribution < -0.4 is 9.47 Å². The third kappa shape index (κ3) is 3.99. The van der Waals surface area contributed by atoms with Gasteiger partial charge in [-0.1, -0.05) is 54.1 Å². The number of aromatic amines is 1. The van der Waals surface area contributed by atoms with E-state index in [1.807, 2.05) is 41.3 Å². The van der Waals surface area contributed by atoms with Gasteiger partial charge < -0.3 is 24.3 Å². The maximum atomic E-state index is 13.9. The highest BCUT2D eigenvalue weighted by molar-refractivity contribution is 5.97. The summed E-state index contributed by atoms with van der Waals surface area (Å²) < 4.78 is 10.8. The monoisotopic (exact) mass is 509 g/mol. The molecule has 0 spiro atoms. The molecule has 38 heavy (non-hydrogen) atoms. The van der Waals surface area contributed by atoms with E-state index in [0.29, 0.717) is 30.9 Å². The Balaban J connectivity index is 1.34. The van der Waals surface area contributed by atoms with Crippen molar-refractivity contribution in [3.8, 4) is 11.5 Å². The fraction of sp³-hybridized carbons (Fsp3) is 0.290. The van der Waals surface area contributed by atoms with Crippen molar-refractivity contribution in [2.24, 2.45) is 0 Å². The Morgan fingerprint density at radius 3 is 2.55 bits per heavy atom. The number of aromatic nitrogens is 1. The first-order valence-corrected chi connectivity index (χ1v) is 13.0. The minimum Gasteiger partial charge on any atom is -0.493 e. The van der Waals surface area contributed by atoms with Crippen molar-refractivity contribution in [2.75, 3.05) is 27.3 Å². The number of carbonyl (C=O) groups is 2. The second kappa shape index (κ2) is 9.56. The van der Waals surface area contributed by atoms with Crippen LogP contribution in [-0.4, -0.2) is 59.9 Å². The molecular formula is C31H31N3O4. The highest BCUT2D eigenvalue weighted by Gasteiger charge is 2.48. The van der Waals surface area contributed by atoms with Crippen molar-refractivity contribution in [3.63, 3.8) is 0 Å². The number of rotatable bonds is 6. The zero-order chi connectivity index (χ0) is 26.4. The second-order valence-corrected chi connectivity index (χ2v) is 10.1. The summed E-state index contributed by atoms with van der Waals surface area (Å²) in [4.78, 5) is 34.8. The lowest BCUT2D eigenvalue weighted by molar-refractivity contribution is -0.158. The molecule has 2 aliphatic rings. The Hall–Kier alpha value is -4.26. The molecule has 3 heterocycles. The second-order valence-electron chi connectivity index (χ2n) is 10.1. The first kappa shape index (κ1) is 24.1. The SMILES string of the molecule is COc1ccc(CCN2CC(=O)N3[C@H](c4cccc(C)c4)c4[nH]c5ccccc5c4C[C@H]3C2=O)cc1OC. The Labute approximate surface area is 222 Å². The summed E-state index contributed by atoms with van der Waals surface area (Å²) >= 11 is 0. The lowest BCUT2D eigenvalue weighted by Gasteiger charge is -2.47. The van der Waals surface area contributed by atoms with Crippen molar-refractivity contribution < 1.29 is 19.1 Å². The molecule has 3 aromatic carbocycles. The van der Waals surface area contributed by atoms with Crippen molar-refractivity contribution >= 4 is 22.7 Å². The van der Waals surface area contributed by atoms with Gasteiger partial charge in [0.1, 0.15) is 6.04 Å². The fourth-order valence-corrected chi connectivity index (χ4v) is 6.00. The van der Waals surface area contributed by atoms with Crippen LogP contribution >= 0.6 is 0 Å². The van der Waals surface area contributed by atoms with Crippen LogP contribution in [0.3, 0.4) is 0 Å². The number of para-hydroxylation sites is 1. The quantitative estimate of drug-likeness (QED) is 0.418. The van der Waals surface area contributed by atoms with E-state index in [0.717, 1.165) is 38.9 Å². The molecule has 1 fully saturated rings. The average Bonchev–Trinajstić information content (AvgIpc) is 3.31. The average molecular weight is 510 g/mol. The molecule has 1 aromatic heterocycles. The molecule has 194 valence electrons. The van der Waals surface area contributed by atoms with Crippen LogP contribution in [0.2, 0.25) is 0 Å². The molecular weight excluding hydrogens is 478 g/mol. The number of carbonyl (C=O) groups excluding carboxylic acids is 2. The van der Waals surface area contributed by atoms with Gasteiger partial charge in [0.05, 0.1) is 26.8 Å². The summed E-state index contributed by atoms with van der Waals surface area (Å²) in [6.45, 7) is 2.58. The molecule has 7 nitrogen and oxygen atoms in total. The number of piperazine rings is 1. The van der Waals surface area contributed by atoms with E-state index in [4.69, 9.17) is 9.47 Å². The third-order valence-corrected chi connectivity index (χ3v) is 7.82. The van der Waals surface area contributed by atoms with Crippen molar-refractivity contribution in [1.82, 2.24) is 14.8 Å². The minimum atomic E-state index is -0.543. The summed E-state index contributed by atoms with van der Waals surface area (Å²) in [5.74, 6) is 1.28. The molecule has 1 saturated heterocycles. The number of aryl methyl sites for hydroxylation is 1. The van der Waals surface area contributed by atoms with Crippen LogP contribution in [0.4, 0.5) is 0 Å². The third-order valence-electron chi connectivity index (χ3n) is 7.82. The number of methoxy groups -OCH3 is 2. The minimum absolute atomic E-state index is 0.00124. The standard InChI is InChI=1S/C31H31N3O4/c1-19-7-6-8-21(15-19)30-29-23(22-9-4-5-10-24(22)32-29)17-25-31(36)33(18-28(35)34(25)30)14-13-20-11-12-26(37-2)27(16-20)38-3/h4-12,15-16,25,30,32H,13-14,17-18H2,1-3H3/t25-,30+/m0/s1. The van der Waals surface area contributed by atoms with Crippen LogP contribution in [0, 0.1) is 6.92 Å². The largest absolute Gasteiger partial charge is 0.493 e. The first-order valence-electron chi connectivity index (χ1n) is 13.0. The number of hydrogen-bond acceptors (Lipinski definition) is 4. The van der Waals surface area contributed by atoms with E-state index in [1.165, 1.54) is 0 Å². The fourth-order valence-electron chi connectivity index (χ4n) is 6.00. The van der Waals surface area contributed by atoms with Gasteiger partial charge in [0, 0.05) is 29.6 Å². The van der Waals surface area contributed by atoms with Gasteiger partial charge in [-0.2, -0.15) is 0 Å². The number of amides is 2. The van der Waals surface area contributed by atoms with E-state index in [2.05, 4.69) is 42.2 Å². The van der Waals surface area contributed by atoms with Gasteiger partial charge >= 0.3 is 0 Å². The van der Waals surface area contributed by atoms with Gasteiger partial charge in [-0.15, -0.1) is 0 Å². The Morgan fingerprint density at radius 1 is 0.947 bits per heavy atom. The molecule has 0 bridgehead atoms. The van der Waals surface area contributed by atoms with Gasteiger partial charge in [-0.05, 0) is 48.2 Å². The number of benzene rings is 3. The van der Waals surface area contributed by atoms with Crippen molar-refractivity contribution in [1.29, 1.82) is 0 Å². The van der Waals surface area contributed by atoms with E-state index in [1.54, 1.807) is 19.1 Å². The lowest BCUT2D eigenvalue weighted by Crippen LogP contribution is -2.63. The smallest absolute Gasteiger partial charge is 0.246 e. The van der Waals surface area contributed by atoms with Gasteiger partial charge in [-0.25, -0.2) is 0 Å². The van der Waals surface area contributed by atoms with Gasteiger partial charge in [0.25, 0.3) is 0 Å². The summed E-state index contributed by atoms with van der Waals surface area (Å²) in [7, 11) is 3.21. The maximum absolute atomic E-state index is 13.9. The normalized spacial score (nSPS) is 18.9. The summed E-state index contributed by atoms with van der Waals surface area (Å²) in [5, 5.41) is 1.11. The topological polar surface area (TPSA) is 74.9 Å². The van der Waals surface area contributed by atoms with Crippen LogP contribution in [0.25, 0.3) is 10.9 Å². The van der Waals surface area contributed by atoms with E-state index >= 15 is 0 Å². The molecule has 0 radical (unpaired) electrons. The molecule has 7 heteroatoms. The van der Waals surface area contributed by atoms with Crippen molar-refractivity contribution in [3.05, 3.63) is 94.7 Å². The first-order chi connectivity index (χ1) is 18.5. The van der Waals surface area contributed by atoms with E-state index < -0.39 is 6.04 Å². The molecule has 1 N–H and O–H groups in total. The number of fused-ring (bicyclic) bond motifs is 4. The zero-order valence-corrected chi connectivity index (χ0v) is 21.9. The lowest BCUT2D eigenvalue weighted by atomic mass is 9.86. The number of hydrogen-bond donors (Lipinski definition) is 1. The molecule has 6 rings (SSSR count). The predicted molar refractivity (Wildman–Crippen MR) is 145 cm³/mol. The molecule has 2 amide bonds. The zero-order valence-electron chi connectivity index (χ0n) is 21.9. The van der Waals surface area contributed by atoms with Crippen LogP contribution in [0.1, 0.15) is 34.0 Å². The van der Waals surface area contributed by atoms with Gasteiger partial charge in [0.2, 0.25) is 11.8 Å².